The second-order valence-electron chi connectivity index (χ2n) is 6.36. The van der Waals surface area contributed by atoms with Crippen molar-refractivity contribution in [1.82, 2.24) is 10.0 Å². The fourth-order valence-corrected chi connectivity index (χ4v) is 3.18. The van der Waals surface area contributed by atoms with E-state index in [-0.39, 0.29) is 12.1 Å². The van der Waals surface area contributed by atoms with Gasteiger partial charge in [0.15, 0.2) is 0 Å². The highest BCUT2D eigenvalue weighted by Gasteiger charge is 2.27. The predicted octanol–water partition coefficient (Wildman–Crippen LogP) is 5.12. The minimum Gasteiger partial charge on any atom is -0.375 e. The Kier molecular flexibility index (Phi) is 6.61. The van der Waals surface area contributed by atoms with E-state index < -0.39 is 0 Å². The Hall–Kier alpha value is -2.40. The SMILES string of the molecule is CCC(c1ccc[nH]1)N(O)[C@H](COCc1ccccc1)c1ccccc1. The number of rotatable bonds is 9. The zero-order valence-electron chi connectivity index (χ0n) is 15.1. The van der Waals surface area contributed by atoms with Crippen molar-refractivity contribution >= 4 is 0 Å². The second-order valence-corrected chi connectivity index (χ2v) is 6.36. The first-order valence-electron chi connectivity index (χ1n) is 9.06. The van der Waals surface area contributed by atoms with Gasteiger partial charge in [-0.1, -0.05) is 67.6 Å². The van der Waals surface area contributed by atoms with E-state index in [2.05, 4.69) is 11.9 Å². The van der Waals surface area contributed by atoms with Crippen LogP contribution in [0.2, 0.25) is 0 Å². The largest absolute Gasteiger partial charge is 0.375 e. The van der Waals surface area contributed by atoms with Gasteiger partial charge in [-0.15, -0.1) is 0 Å². The molecule has 3 rings (SSSR count). The molecule has 4 nitrogen and oxygen atoms in total. The van der Waals surface area contributed by atoms with Gasteiger partial charge in [0.1, 0.15) is 0 Å². The van der Waals surface area contributed by atoms with Crippen LogP contribution in [-0.4, -0.2) is 21.9 Å². The Morgan fingerprint density at radius 2 is 1.62 bits per heavy atom. The number of H-pyrrole nitrogens is 1. The molecule has 0 fully saturated rings. The van der Waals surface area contributed by atoms with E-state index in [0.717, 1.165) is 23.2 Å². The molecule has 0 amide bonds. The van der Waals surface area contributed by atoms with Crippen molar-refractivity contribution < 1.29 is 9.94 Å². The highest BCUT2D eigenvalue weighted by molar-refractivity contribution is 5.20. The minimum absolute atomic E-state index is 0.115. The van der Waals surface area contributed by atoms with Crippen molar-refractivity contribution in [3.63, 3.8) is 0 Å². The van der Waals surface area contributed by atoms with Crippen LogP contribution in [0.15, 0.2) is 79.0 Å². The summed E-state index contributed by atoms with van der Waals surface area (Å²) in [4.78, 5) is 3.21. The van der Waals surface area contributed by atoms with Crippen LogP contribution in [0.4, 0.5) is 0 Å². The van der Waals surface area contributed by atoms with Crippen molar-refractivity contribution in [2.45, 2.75) is 32.0 Å². The van der Waals surface area contributed by atoms with Gasteiger partial charge in [-0.3, -0.25) is 0 Å². The summed E-state index contributed by atoms with van der Waals surface area (Å²) in [6, 6.07) is 23.7. The minimum atomic E-state index is -0.242. The summed E-state index contributed by atoms with van der Waals surface area (Å²) in [7, 11) is 0. The maximum atomic E-state index is 11.0. The van der Waals surface area contributed by atoms with E-state index in [0.29, 0.717) is 13.2 Å². The summed E-state index contributed by atoms with van der Waals surface area (Å²) in [6.07, 6.45) is 2.67. The number of nitrogens with one attached hydrogen (secondary N) is 1. The van der Waals surface area contributed by atoms with Crippen molar-refractivity contribution in [2.75, 3.05) is 6.61 Å². The Morgan fingerprint density at radius 3 is 2.23 bits per heavy atom. The van der Waals surface area contributed by atoms with E-state index >= 15 is 0 Å². The van der Waals surface area contributed by atoms with Crippen LogP contribution in [0.5, 0.6) is 0 Å². The Balaban J connectivity index is 1.74. The molecule has 26 heavy (non-hydrogen) atoms. The molecule has 2 aromatic carbocycles. The molecule has 0 aliphatic rings. The molecule has 0 bridgehead atoms. The van der Waals surface area contributed by atoms with Crippen LogP contribution >= 0.6 is 0 Å². The van der Waals surface area contributed by atoms with Crippen molar-refractivity contribution in [2.24, 2.45) is 0 Å². The third kappa shape index (κ3) is 4.61. The molecule has 0 spiro atoms. The standard InChI is InChI=1S/C22H26N2O2/c1-2-21(20-14-9-15-23-20)24(25)22(19-12-7-4-8-13-19)17-26-16-18-10-5-3-6-11-18/h3-15,21-23,25H,2,16-17H2,1H3/t21?,22-/m1/s1. The van der Waals surface area contributed by atoms with Gasteiger partial charge in [0.2, 0.25) is 0 Å². The lowest BCUT2D eigenvalue weighted by atomic mass is 10.0. The third-order valence-electron chi connectivity index (χ3n) is 4.58. The Labute approximate surface area is 155 Å². The van der Waals surface area contributed by atoms with Crippen molar-refractivity contribution in [1.29, 1.82) is 0 Å². The summed E-state index contributed by atoms with van der Waals surface area (Å²) >= 11 is 0. The molecule has 1 heterocycles. The van der Waals surface area contributed by atoms with Crippen molar-refractivity contribution in [3.05, 3.63) is 95.8 Å². The molecular formula is C22H26N2O2. The lowest BCUT2D eigenvalue weighted by Crippen LogP contribution is -2.32. The maximum absolute atomic E-state index is 11.0. The molecule has 3 aromatic rings. The summed E-state index contributed by atoms with van der Waals surface area (Å²) in [5.74, 6) is 0. The van der Waals surface area contributed by atoms with Gasteiger partial charge in [-0.25, -0.2) is 0 Å². The van der Waals surface area contributed by atoms with Gasteiger partial charge in [0, 0.05) is 11.9 Å². The lowest BCUT2D eigenvalue weighted by molar-refractivity contribution is -0.180. The monoisotopic (exact) mass is 350 g/mol. The number of nitrogens with zero attached hydrogens (tertiary/aromatic N) is 1. The summed E-state index contributed by atoms with van der Waals surface area (Å²) in [5.41, 5.74) is 3.16. The summed E-state index contributed by atoms with van der Waals surface area (Å²) in [5, 5.41) is 12.4. The molecule has 2 atom stereocenters. The van der Waals surface area contributed by atoms with E-state index in [4.69, 9.17) is 4.74 Å². The first kappa shape index (κ1) is 18.4. The fourth-order valence-electron chi connectivity index (χ4n) is 3.18. The molecule has 136 valence electrons. The van der Waals surface area contributed by atoms with Crippen LogP contribution in [0.25, 0.3) is 0 Å². The Morgan fingerprint density at radius 1 is 0.923 bits per heavy atom. The van der Waals surface area contributed by atoms with E-state index in [1.165, 1.54) is 5.06 Å². The molecule has 0 radical (unpaired) electrons. The highest BCUT2D eigenvalue weighted by atomic mass is 16.5. The average Bonchev–Trinajstić information content (AvgIpc) is 3.21. The number of hydrogen-bond acceptors (Lipinski definition) is 3. The highest BCUT2D eigenvalue weighted by Crippen LogP contribution is 2.30. The van der Waals surface area contributed by atoms with Gasteiger partial charge in [0.25, 0.3) is 0 Å². The number of benzene rings is 2. The van der Waals surface area contributed by atoms with E-state index in [1.54, 1.807) is 0 Å². The quantitative estimate of drug-likeness (QED) is 0.527. The van der Waals surface area contributed by atoms with Crippen LogP contribution in [0.3, 0.4) is 0 Å². The number of hydrogen-bond donors (Lipinski definition) is 2. The molecule has 0 aliphatic carbocycles. The second kappa shape index (κ2) is 9.34. The topological polar surface area (TPSA) is 48.5 Å². The number of ether oxygens (including phenoxy) is 1. The molecule has 0 saturated heterocycles. The first-order chi connectivity index (χ1) is 12.8. The fraction of sp³-hybridized carbons (Fsp3) is 0.273. The maximum Gasteiger partial charge on any atom is 0.0841 e. The van der Waals surface area contributed by atoms with Gasteiger partial charge in [-0.2, -0.15) is 5.06 Å². The van der Waals surface area contributed by atoms with Crippen LogP contribution in [0, 0.1) is 0 Å². The van der Waals surface area contributed by atoms with E-state index in [1.807, 2.05) is 79.0 Å². The number of aromatic nitrogens is 1. The van der Waals surface area contributed by atoms with Crippen LogP contribution in [0.1, 0.15) is 42.2 Å². The molecule has 2 N–H and O–H groups in total. The average molecular weight is 350 g/mol. The third-order valence-corrected chi connectivity index (χ3v) is 4.58. The van der Waals surface area contributed by atoms with Gasteiger partial charge >= 0.3 is 0 Å². The van der Waals surface area contributed by atoms with Gasteiger partial charge in [-0.05, 0) is 29.7 Å². The van der Waals surface area contributed by atoms with Crippen molar-refractivity contribution in [3.8, 4) is 0 Å². The predicted molar refractivity (Wildman–Crippen MR) is 103 cm³/mol. The van der Waals surface area contributed by atoms with Crippen LogP contribution in [-0.2, 0) is 11.3 Å². The van der Waals surface area contributed by atoms with Gasteiger partial charge in [0.05, 0.1) is 25.3 Å². The molecule has 0 saturated carbocycles. The summed E-state index contributed by atoms with van der Waals surface area (Å²) < 4.78 is 5.96. The molecule has 1 unspecified atom stereocenters. The lowest BCUT2D eigenvalue weighted by Gasteiger charge is -2.32. The molecular weight excluding hydrogens is 324 g/mol. The van der Waals surface area contributed by atoms with E-state index in [9.17, 15) is 5.21 Å². The molecule has 4 heteroatoms. The molecule has 1 aromatic heterocycles. The molecule has 0 aliphatic heterocycles. The zero-order chi connectivity index (χ0) is 18.2. The van der Waals surface area contributed by atoms with Crippen LogP contribution < -0.4 is 0 Å². The summed E-state index contributed by atoms with van der Waals surface area (Å²) in [6.45, 7) is 3.01. The smallest absolute Gasteiger partial charge is 0.0841 e. The normalized spacial score (nSPS) is 13.7. The number of hydroxylamine groups is 2. The zero-order valence-corrected chi connectivity index (χ0v) is 15.1. The first-order valence-corrected chi connectivity index (χ1v) is 9.06. The van der Waals surface area contributed by atoms with Gasteiger partial charge < -0.3 is 14.9 Å². The Bertz CT molecular complexity index is 744. The number of aromatic amines is 1.